The number of ether oxygens (including phenoxy) is 1. The van der Waals surface area contributed by atoms with Gasteiger partial charge in [-0.15, -0.1) is 0 Å². The summed E-state index contributed by atoms with van der Waals surface area (Å²) in [5.41, 5.74) is 0. The first-order chi connectivity index (χ1) is 7.42. The van der Waals surface area contributed by atoms with Crippen LogP contribution in [-0.4, -0.2) is 6.61 Å². The Hall–Kier alpha value is -1.50. The van der Waals surface area contributed by atoms with Crippen molar-refractivity contribution < 1.29 is 4.74 Å². The van der Waals surface area contributed by atoms with Crippen LogP contribution in [0.5, 0.6) is 5.75 Å². The van der Waals surface area contributed by atoms with Gasteiger partial charge in [0.05, 0.1) is 6.61 Å². The van der Waals surface area contributed by atoms with Gasteiger partial charge < -0.3 is 4.74 Å². The van der Waals surface area contributed by atoms with E-state index in [-0.39, 0.29) is 0 Å². The molecule has 0 atom stereocenters. The van der Waals surface area contributed by atoms with E-state index in [1.807, 2.05) is 24.3 Å². The largest absolute Gasteiger partial charge is 0.493 e. The molecule has 1 radical (unpaired) electrons. The molecule has 0 spiro atoms. The molecule has 2 aromatic carbocycles. The van der Waals surface area contributed by atoms with E-state index in [1.54, 1.807) is 0 Å². The first kappa shape index (κ1) is 10.0. The monoisotopic (exact) mass is 199 g/mol. The lowest BCUT2D eigenvalue weighted by atomic mass is 10.1. The van der Waals surface area contributed by atoms with Crippen molar-refractivity contribution in [2.24, 2.45) is 0 Å². The molecule has 0 saturated heterocycles. The van der Waals surface area contributed by atoms with Crippen LogP contribution < -0.4 is 4.74 Å². The van der Waals surface area contributed by atoms with Crippen LogP contribution in [0.4, 0.5) is 0 Å². The zero-order valence-corrected chi connectivity index (χ0v) is 8.99. The second-order valence-corrected chi connectivity index (χ2v) is 3.61. The van der Waals surface area contributed by atoms with Crippen molar-refractivity contribution in [2.45, 2.75) is 19.8 Å². The number of unbranched alkanes of at least 4 members (excludes halogenated alkanes) is 1. The topological polar surface area (TPSA) is 9.23 Å². The molecule has 0 amide bonds. The predicted molar refractivity (Wildman–Crippen MR) is 63.2 cm³/mol. The van der Waals surface area contributed by atoms with Crippen molar-refractivity contribution >= 4 is 10.8 Å². The molecule has 2 aromatic rings. The van der Waals surface area contributed by atoms with Gasteiger partial charge in [-0.1, -0.05) is 37.6 Å². The molecule has 0 saturated carbocycles. The Kier molecular flexibility index (Phi) is 3.23. The molecule has 0 fully saturated rings. The van der Waals surface area contributed by atoms with Crippen molar-refractivity contribution in [3.8, 4) is 5.75 Å². The van der Waals surface area contributed by atoms with E-state index in [9.17, 15) is 0 Å². The maximum absolute atomic E-state index is 5.74. The summed E-state index contributed by atoms with van der Waals surface area (Å²) in [5.74, 6) is 0.970. The van der Waals surface area contributed by atoms with E-state index < -0.39 is 0 Å². The summed E-state index contributed by atoms with van der Waals surface area (Å²) in [7, 11) is 0. The van der Waals surface area contributed by atoms with Gasteiger partial charge in [-0.3, -0.25) is 0 Å². The summed E-state index contributed by atoms with van der Waals surface area (Å²) in [6, 6.07) is 15.2. The fourth-order valence-electron chi connectivity index (χ4n) is 1.58. The molecule has 0 heterocycles. The Morgan fingerprint density at radius 3 is 3.07 bits per heavy atom. The summed E-state index contributed by atoms with van der Waals surface area (Å²) >= 11 is 0. The number of benzene rings is 2. The Morgan fingerprint density at radius 2 is 2.20 bits per heavy atom. The normalized spacial score (nSPS) is 10.5. The molecule has 1 nitrogen and oxygen atoms in total. The van der Waals surface area contributed by atoms with Gasteiger partial charge in [-0.2, -0.15) is 0 Å². The number of hydrogen-bond donors (Lipinski definition) is 0. The lowest BCUT2D eigenvalue weighted by Gasteiger charge is -2.08. The minimum Gasteiger partial charge on any atom is -0.493 e. The zero-order chi connectivity index (χ0) is 10.5. The van der Waals surface area contributed by atoms with Gasteiger partial charge in [0.15, 0.2) is 0 Å². The van der Waals surface area contributed by atoms with E-state index in [1.165, 1.54) is 5.39 Å². The van der Waals surface area contributed by atoms with Gasteiger partial charge in [-0.25, -0.2) is 0 Å². The summed E-state index contributed by atoms with van der Waals surface area (Å²) in [6.45, 7) is 2.96. The highest BCUT2D eigenvalue weighted by Gasteiger charge is 1.99. The Balaban J connectivity index is 2.26. The van der Waals surface area contributed by atoms with Crippen LogP contribution in [0.25, 0.3) is 10.8 Å². The minimum atomic E-state index is 0.796. The van der Waals surface area contributed by atoms with Crippen molar-refractivity contribution in [3.63, 3.8) is 0 Å². The maximum Gasteiger partial charge on any atom is 0.127 e. The molecule has 0 N–H and O–H groups in total. The molecule has 0 aliphatic carbocycles. The summed E-state index contributed by atoms with van der Waals surface area (Å²) < 4.78 is 5.74. The smallest absolute Gasteiger partial charge is 0.127 e. The molecule has 0 bridgehead atoms. The molecule has 0 aliphatic heterocycles. The second-order valence-electron chi connectivity index (χ2n) is 3.61. The highest BCUT2D eigenvalue weighted by Crippen LogP contribution is 2.24. The highest BCUT2D eigenvalue weighted by atomic mass is 16.5. The molecule has 77 valence electrons. The molecule has 0 aliphatic rings. The van der Waals surface area contributed by atoms with Crippen LogP contribution in [-0.2, 0) is 0 Å². The third-order valence-corrected chi connectivity index (χ3v) is 2.44. The van der Waals surface area contributed by atoms with E-state index in [4.69, 9.17) is 4.74 Å². The first-order valence-corrected chi connectivity index (χ1v) is 5.43. The Labute approximate surface area is 90.7 Å². The molecular formula is C14H15O. The number of fused-ring (bicyclic) bond motifs is 1. The fraction of sp³-hybridized carbons (Fsp3) is 0.286. The fourth-order valence-corrected chi connectivity index (χ4v) is 1.58. The average Bonchev–Trinajstić information content (AvgIpc) is 2.30. The highest BCUT2D eigenvalue weighted by molar-refractivity contribution is 5.88. The van der Waals surface area contributed by atoms with Gasteiger partial charge in [0.25, 0.3) is 0 Å². The second kappa shape index (κ2) is 4.83. The van der Waals surface area contributed by atoms with Crippen LogP contribution >= 0.6 is 0 Å². The number of hydrogen-bond acceptors (Lipinski definition) is 1. The third kappa shape index (κ3) is 2.30. The van der Waals surface area contributed by atoms with Crippen molar-refractivity contribution in [1.29, 1.82) is 0 Å². The molecule has 1 heteroatoms. The van der Waals surface area contributed by atoms with Crippen LogP contribution in [0.3, 0.4) is 0 Å². The van der Waals surface area contributed by atoms with E-state index in [0.29, 0.717) is 0 Å². The standard InChI is InChI=1S/C14H15O/c1-2-3-11-15-14-10-6-8-12-7-4-5-9-13(12)14/h4,6-10H,2-3,11H2,1H3. The van der Waals surface area contributed by atoms with Crippen LogP contribution in [0.15, 0.2) is 36.4 Å². The van der Waals surface area contributed by atoms with Crippen molar-refractivity contribution in [1.82, 2.24) is 0 Å². The lowest BCUT2D eigenvalue weighted by Crippen LogP contribution is -1.96. The number of rotatable bonds is 4. The minimum absolute atomic E-state index is 0.796. The SMILES string of the molecule is CCCCOc1cccc2cc[c]cc12. The van der Waals surface area contributed by atoms with Gasteiger partial charge in [0, 0.05) is 5.39 Å². The van der Waals surface area contributed by atoms with Crippen LogP contribution in [0.2, 0.25) is 0 Å². The van der Waals surface area contributed by atoms with Crippen molar-refractivity contribution in [2.75, 3.05) is 6.61 Å². The Morgan fingerprint density at radius 1 is 1.27 bits per heavy atom. The molecule has 0 aromatic heterocycles. The molecular weight excluding hydrogens is 184 g/mol. The summed E-state index contributed by atoms with van der Waals surface area (Å²) in [5, 5.41) is 2.36. The van der Waals surface area contributed by atoms with Crippen molar-refractivity contribution in [3.05, 3.63) is 42.5 Å². The van der Waals surface area contributed by atoms with Gasteiger partial charge in [0.2, 0.25) is 0 Å². The van der Waals surface area contributed by atoms with E-state index in [0.717, 1.165) is 30.6 Å². The van der Waals surface area contributed by atoms with Crippen LogP contribution in [0, 0.1) is 6.07 Å². The predicted octanol–water partition coefficient (Wildman–Crippen LogP) is 3.82. The molecule has 15 heavy (non-hydrogen) atoms. The quantitative estimate of drug-likeness (QED) is 0.680. The van der Waals surface area contributed by atoms with Gasteiger partial charge in [-0.05, 0) is 30.0 Å². The zero-order valence-electron chi connectivity index (χ0n) is 8.99. The van der Waals surface area contributed by atoms with E-state index >= 15 is 0 Å². The maximum atomic E-state index is 5.74. The van der Waals surface area contributed by atoms with Gasteiger partial charge >= 0.3 is 0 Å². The Bertz CT molecular complexity index is 429. The summed E-state index contributed by atoms with van der Waals surface area (Å²) in [4.78, 5) is 0. The van der Waals surface area contributed by atoms with Gasteiger partial charge in [0.1, 0.15) is 5.75 Å². The summed E-state index contributed by atoms with van der Waals surface area (Å²) in [6.07, 6.45) is 2.27. The van der Waals surface area contributed by atoms with E-state index in [2.05, 4.69) is 25.1 Å². The molecule has 0 unspecified atom stereocenters. The third-order valence-electron chi connectivity index (χ3n) is 2.44. The molecule has 2 rings (SSSR count). The van der Waals surface area contributed by atoms with Crippen LogP contribution in [0.1, 0.15) is 19.8 Å². The average molecular weight is 199 g/mol. The lowest BCUT2D eigenvalue weighted by molar-refractivity contribution is 0.313. The first-order valence-electron chi connectivity index (χ1n) is 5.43.